The molecule has 0 aromatic rings. The number of hydrogen-bond acceptors (Lipinski definition) is 5. The minimum Gasteiger partial charge on any atom is -0.409 e. The van der Waals surface area contributed by atoms with Gasteiger partial charge in [-0.3, -0.25) is 4.79 Å². The van der Waals surface area contributed by atoms with Crippen molar-refractivity contribution in [2.24, 2.45) is 16.3 Å². The molecule has 114 valence electrons. The van der Waals surface area contributed by atoms with Crippen LogP contribution in [0.3, 0.4) is 0 Å². The van der Waals surface area contributed by atoms with E-state index in [1.807, 2.05) is 11.8 Å². The first-order valence-electron chi connectivity index (χ1n) is 7.15. The lowest BCUT2D eigenvalue weighted by Gasteiger charge is -2.35. The third-order valence-electron chi connectivity index (χ3n) is 4.14. The maximum Gasteiger partial charge on any atom is 0.234 e. The summed E-state index contributed by atoms with van der Waals surface area (Å²) in [5.74, 6) is 1.02. The van der Waals surface area contributed by atoms with Crippen molar-refractivity contribution in [3.8, 4) is 0 Å². The lowest BCUT2D eigenvalue weighted by molar-refractivity contribution is -0.131. The minimum atomic E-state index is -0.910. The van der Waals surface area contributed by atoms with Gasteiger partial charge in [0.05, 0.1) is 0 Å². The topological polar surface area (TPSA) is 96.9 Å². The van der Waals surface area contributed by atoms with E-state index in [2.05, 4.69) is 10.5 Å². The fourth-order valence-electron chi connectivity index (χ4n) is 2.76. The molecule has 2 rings (SSSR count). The van der Waals surface area contributed by atoms with Gasteiger partial charge in [-0.15, -0.1) is 0 Å². The Morgan fingerprint density at radius 1 is 1.45 bits per heavy atom. The van der Waals surface area contributed by atoms with Crippen LogP contribution in [0.1, 0.15) is 32.1 Å². The summed E-state index contributed by atoms with van der Waals surface area (Å²) in [6.45, 7) is 1.58. The molecule has 1 unspecified atom stereocenters. The Hall–Kier alpha value is -0.950. The molecule has 4 N–H and O–H groups in total. The first kappa shape index (κ1) is 15.4. The summed E-state index contributed by atoms with van der Waals surface area (Å²) in [7, 11) is 0. The van der Waals surface area contributed by atoms with Crippen LogP contribution < -0.4 is 11.1 Å². The second-order valence-electron chi connectivity index (χ2n) is 5.38. The van der Waals surface area contributed by atoms with Gasteiger partial charge < -0.3 is 21.0 Å². The van der Waals surface area contributed by atoms with Crippen LogP contribution in [0.5, 0.6) is 0 Å². The summed E-state index contributed by atoms with van der Waals surface area (Å²) in [4.78, 5) is 12.5. The molecule has 6 nitrogen and oxygen atoms in total. The number of amides is 1. The predicted octanol–water partition coefficient (Wildman–Crippen LogP) is 0.931. The van der Waals surface area contributed by atoms with Gasteiger partial charge in [-0.2, -0.15) is 11.8 Å². The Bertz CT molecular complexity index is 364. The molecule has 0 aromatic heterocycles. The monoisotopic (exact) mass is 301 g/mol. The van der Waals surface area contributed by atoms with E-state index >= 15 is 0 Å². The SMILES string of the molecule is NC(=NO)C1(C(=O)NCC2CCCCS2)CCOCC1. The lowest BCUT2D eigenvalue weighted by atomic mass is 9.78. The van der Waals surface area contributed by atoms with Crippen molar-refractivity contribution in [3.05, 3.63) is 0 Å². The van der Waals surface area contributed by atoms with Crippen LogP contribution in [0.15, 0.2) is 5.16 Å². The van der Waals surface area contributed by atoms with E-state index in [9.17, 15) is 4.79 Å². The molecule has 0 radical (unpaired) electrons. The van der Waals surface area contributed by atoms with Gasteiger partial charge in [0.1, 0.15) is 5.41 Å². The third-order valence-corrected chi connectivity index (χ3v) is 5.54. The fraction of sp³-hybridized carbons (Fsp3) is 0.846. The first-order chi connectivity index (χ1) is 9.69. The van der Waals surface area contributed by atoms with Crippen LogP contribution >= 0.6 is 11.8 Å². The number of ether oxygens (including phenoxy) is 1. The summed E-state index contributed by atoms with van der Waals surface area (Å²) in [5.41, 5.74) is 4.86. The average Bonchev–Trinajstić information content (AvgIpc) is 2.53. The highest BCUT2D eigenvalue weighted by molar-refractivity contribution is 7.99. The average molecular weight is 301 g/mol. The Balaban J connectivity index is 1.96. The highest BCUT2D eigenvalue weighted by atomic mass is 32.2. The largest absolute Gasteiger partial charge is 0.409 e. The van der Waals surface area contributed by atoms with Gasteiger partial charge in [-0.1, -0.05) is 11.6 Å². The summed E-state index contributed by atoms with van der Waals surface area (Å²) >= 11 is 1.91. The lowest BCUT2D eigenvalue weighted by Crippen LogP contribution is -2.53. The predicted molar refractivity (Wildman–Crippen MR) is 79.0 cm³/mol. The van der Waals surface area contributed by atoms with Gasteiger partial charge in [-0.05, 0) is 31.4 Å². The Morgan fingerprint density at radius 3 is 2.80 bits per heavy atom. The molecule has 0 saturated carbocycles. The molecule has 0 bridgehead atoms. The van der Waals surface area contributed by atoms with Gasteiger partial charge in [-0.25, -0.2) is 0 Å². The standard InChI is InChI=1S/C13H23N3O3S/c14-11(16-18)13(4-6-19-7-5-13)12(17)15-9-10-3-1-2-8-20-10/h10,18H,1-9H2,(H2,14,16)(H,15,17). The second-order valence-corrected chi connectivity index (χ2v) is 6.79. The molecule has 2 heterocycles. The van der Waals surface area contributed by atoms with E-state index in [1.54, 1.807) is 0 Å². The van der Waals surface area contributed by atoms with Crippen LogP contribution in [-0.4, -0.2) is 47.7 Å². The number of oxime groups is 1. The van der Waals surface area contributed by atoms with E-state index in [0.717, 1.165) is 6.42 Å². The van der Waals surface area contributed by atoms with E-state index < -0.39 is 5.41 Å². The Kier molecular flexibility index (Phi) is 5.54. The molecule has 7 heteroatoms. The molecular formula is C13H23N3O3S. The van der Waals surface area contributed by atoms with Gasteiger partial charge in [0.15, 0.2) is 5.84 Å². The van der Waals surface area contributed by atoms with Crippen molar-refractivity contribution in [1.82, 2.24) is 5.32 Å². The maximum absolute atomic E-state index is 12.5. The number of carbonyl (C=O) groups excluding carboxylic acids is 1. The summed E-state index contributed by atoms with van der Waals surface area (Å²) in [6, 6.07) is 0. The number of thioether (sulfide) groups is 1. The second kappa shape index (κ2) is 7.17. The molecule has 0 aliphatic carbocycles. The van der Waals surface area contributed by atoms with Gasteiger partial charge in [0.25, 0.3) is 0 Å². The number of nitrogens with one attached hydrogen (secondary N) is 1. The Labute approximate surface area is 123 Å². The van der Waals surface area contributed by atoms with Crippen LogP contribution in [0.2, 0.25) is 0 Å². The van der Waals surface area contributed by atoms with Crippen LogP contribution in [0, 0.1) is 5.41 Å². The quantitative estimate of drug-likeness (QED) is 0.311. The third kappa shape index (κ3) is 3.38. The van der Waals surface area contributed by atoms with Crippen molar-refractivity contribution >= 4 is 23.5 Å². The smallest absolute Gasteiger partial charge is 0.234 e. The molecule has 2 saturated heterocycles. The molecule has 20 heavy (non-hydrogen) atoms. The molecule has 0 spiro atoms. The van der Waals surface area contributed by atoms with Gasteiger partial charge >= 0.3 is 0 Å². The number of amidine groups is 1. The molecule has 0 aromatic carbocycles. The van der Waals surface area contributed by atoms with E-state index in [1.165, 1.54) is 18.6 Å². The van der Waals surface area contributed by atoms with E-state index in [0.29, 0.717) is 37.9 Å². The normalized spacial score (nSPS) is 27.0. The first-order valence-corrected chi connectivity index (χ1v) is 8.19. The van der Waals surface area contributed by atoms with Crippen molar-refractivity contribution in [1.29, 1.82) is 0 Å². The fourth-order valence-corrected chi connectivity index (χ4v) is 4.00. The summed E-state index contributed by atoms with van der Waals surface area (Å²) in [5, 5.41) is 15.5. The maximum atomic E-state index is 12.5. The van der Waals surface area contributed by atoms with Gasteiger partial charge in [0, 0.05) is 25.0 Å². The van der Waals surface area contributed by atoms with Gasteiger partial charge in [0.2, 0.25) is 5.91 Å². The molecule has 1 atom stereocenters. The van der Waals surface area contributed by atoms with Crippen LogP contribution in [0.4, 0.5) is 0 Å². The van der Waals surface area contributed by atoms with Crippen molar-refractivity contribution in [2.45, 2.75) is 37.4 Å². The van der Waals surface area contributed by atoms with E-state index in [4.69, 9.17) is 15.7 Å². The number of hydrogen-bond donors (Lipinski definition) is 3. The number of rotatable bonds is 4. The summed E-state index contributed by atoms with van der Waals surface area (Å²) < 4.78 is 5.29. The molecule has 1 amide bonds. The highest BCUT2D eigenvalue weighted by Gasteiger charge is 2.44. The minimum absolute atomic E-state index is 0.00500. The molecule has 2 aliphatic heterocycles. The zero-order valence-corrected chi connectivity index (χ0v) is 12.5. The number of nitrogens with two attached hydrogens (primary N) is 1. The van der Waals surface area contributed by atoms with E-state index in [-0.39, 0.29) is 11.7 Å². The summed E-state index contributed by atoms with van der Waals surface area (Å²) in [6.07, 6.45) is 4.57. The Morgan fingerprint density at radius 2 is 2.20 bits per heavy atom. The highest BCUT2D eigenvalue weighted by Crippen LogP contribution is 2.31. The molecule has 2 aliphatic rings. The van der Waals surface area contributed by atoms with Crippen molar-refractivity contribution < 1.29 is 14.7 Å². The molecule has 2 fully saturated rings. The van der Waals surface area contributed by atoms with Crippen molar-refractivity contribution in [3.63, 3.8) is 0 Å². The van der Waals surface area contributed by atoms with Crippen molar-refractivity contribution in [2.75, 3.05) is 25.5 Å². The zero-order valence-electron chi connectivity index (χ0n) is 11.6. The van der Waals surface area contributed by atoms with Crippen LogP contribution in [0.25, 0.3) is 0 Å². The number of carbonyl (C=O) groups is 1. The molecular weight excluding hydrogens is 278 g/mol. The zero-order chi connectivity index (χ0) is 14.4. The number of nitrogens with zero attached hydrogens (tertiary/aromatic N) is 1. The van der Waals surface area contributed by atoms with Crippen LogP contribution in [-0.2, 0) is 9.53 Å².